The summed E-state index contributed by atoms with van der Waals surface area (Å²) < 4.78 is 5.42. The second-order valence-electron chi connectivity index (χ2n) is 8.67. The van der Waals surface area contributed by atoms with Gasteiger partial charge in [0.15, 0.2) is 0 Å². The number of aliphatic carboxylic acids is 1. The van der Waals surface area contributed by atoms with Gasteiger partial charge in [-0.25, -0.2) is 4.79 Å². The number of hydrogen-bond donors (Lipinski definition) is 4. The molecule has 34 heavy (non-hydrogen) atoms. The lowest BCUT2D eigenvalue weighted by molar-refractivity contribution is -0.142. The van der Waals surface area contributed by atoms with Crippen molar-refractivity contribution in [3.63, 3.8) is 0 Å². The molecule has 1 unspecified atom stereocenters. The number of aliphatic hydroxyl groups excluding tert-OH is 1. The molecule has 0 fully saturated rings. The lowest BCUT2D eigenvalue weighted by Crippen LogP contribution is -2.41. The molecule has 0 radical (unpaired) electrons. The SMILES string of the molecule is O=C(CC(O)CNC(=O)OCC1c2ccccc2-c2ccccc21)N[C@H]1C=CC[C@H](C(=O)O)C1. The zero-order valence-electron chi connectivity index (χ0n) is 18.6. The van der Waals surface area contributed by atoms with Crippen molar-refractivity contribution < 1.29 is 29.3 Å². The predicted octanol–water partition coefficient (Wildman–Crippen LogP) is 2.81. The summed E-state index contributed by atoms with van der Waals surface area (Å²) in [5.41, 5.74) is 4.48. The number of ether oxygens (including phenoxy) is 1. The maximum absolute atomic E-state index is 12.2. The molecule has 4 N–H and O–H groups in total. The van der Waals surface area contributed by atoms with E-state index < -0.39 is 30.0 Å². The number of aliphatic hydroxyl groups is 1. The van der Waals surface area contributed by atoms with Crippen molar-refractivity contribution >= 4 is 18.0 Å². The monoisotopic (exact) mass is 464 g/mol. The number of carboxylic acid groups (broad SMARTS) is 1. The molecule has 0 aromatic heterocycles. The molecule has 8 heteroatoms. The molecule has 0 bridgehead atoms. The molecular weight excluding hydrogens is 436 g/mol. The first-order chi connectivity index (χ1) is 16.4. The number of benzene rings is 2. The zero-order valence-corrected chi connectivity index (χ0v) is 18.6. The molecular formula is C26H28N2O6. The fourth-order valence-corrected chi connectivity index (χ4v) is 4.60. The smallest absolute Gasteiger partial charge is 0.407 e. The molecule has 0 saturated heterocycles. The molecule has 2 aromatic carbocycles. The second-order valence-corrected chi connectivity index (χ2v) is 8.67. The minimum absolute atomic E-state index is 0.0629. The molecule has 2 aromatic rings. The Balaban J connectivity index is 1.22. The van der Waals surface area contributed by atoms with Gasteiger partial charge in [0.05, 0.1) is 18.4 Å². The third-order valence-corrected chi connectivity index (χ3v) is 6.27. The molecule has 2 aliphatic carbocycles. The fraction of sp³-hybridized carbons (Fsp3) is 0.346. The van der Waals surface area contributed by atoms with Gasteiger partial charge in [-0.1, -0.05) is 60.7 Å². The van der Waals surface area contributed by atoms with Gasteiger partial charge in [-0.15, -0.1) is 0 Å². The van der Waals surface area contributed by atoms with E-state index in [1.165, 1.54) is 0 Å². The number of alkyl carbamates (subject to hydrolysis) is 1. The van der Waals surface area contributed by atoms with Crippen LogP contribution in [0.25, 0.3) is 11.1 Å². The Bertz CT molecular complexity index is 1050. The molecule has 2 aliphatic rings. The van der Waals surface area contributed by atoms with Crippen LogP contribution in [0, 0.1) is 5.92 Å². The molecule has 0 spiro atoms. The topological polar surface area (TPSA) is 125 Å². The van der Waals surface area contributed by atoms with Crippen molar-refractivity contribution in [2.45, 2.75) is 37.3 Å². The number of carboxylic acids is 1. The first-order valence-electron chi connectivity index (χ1n) is 11.4. The number of allylic oxidation sites excluding steroid dienone is 1. The number of carbonyl (C=O) groups excluding carboxylic acids is 2. The summed E-state index contributed by atoms with van der Waals surface area (Å²) in [5, 5.41) is 24.5. The van der Waals surface area contributed by atoms with Crippen molar-refractivity contribution in [2.75, 3.05) is 13.2 Å². The molecule has 0 saturated carbocycles. The number of amides is 2. The number of rotatable bonds is 8. The largest absolute Gasteiger partial charge is 0.481 e. The van der Waals surface area contributed by atoms with Crippen LogP contribution in [-0.2, 0) is 14.3 Å². The van der Waals surface area contributed by atoms with Crippen LogP contribution in [0.4, 0.5) is 4.79 Å². The van der Waals surface area contributed by atoms with Gasteiger partial charge in [-0.2, -0.15) is 0 Å². The van der Waals surface area contributed by atoms with E-state index in [0.29, 0.717) is 12.8 Å². The Morgan fingerprint density at radius 3 is 2.32 bits per heavy atom. The fourth-order valence-electron chi connectivity index (χ4n) is 4.60. The summed E-state index contributed by atoms with van der Waals surface area (Å²) in [7, 11) is 0. The number of nitrogens with one attached hydrogen (secondary N) is 2. The highest BCUT2D eigenvalue weighted by molar-refractivity contribution is 5.79. The average Bonchev–Trinajstić information content (AvgIpc) is 3.15. The van der Waals surface area contributed by atoms with Crippen LogP contribution in [0.5, 0.6) is 0 Å². The molecule has 8 nitrogen and oxygen atoms in total. The van der Waals surface area contributed by atoms with Crippen LogP contribution in [-0.4, -0.2) is 53.5 Å². The lowest BCUT2D eigenvalue weighted by atomic mass is 9.91. The van der Waals surface area contributed by atoms with Gasteiger partial charge in [0.25, 0.3) is 0 Å². The molecule has 2 amide bonds. The molecule has 4 rings (SSSR count). The Morgan fingerprint density at radius 1 is 1.03 bits per heavy atom. The highest BCUT2D eigenvalue weighted by atomic mass is 16.5. The standard InChI is InChI=1S/C26H28N2O6/c29-18(13-24(30)28-17-7-5-6-16(12-17)25(31)32)14-27-26(33)34-15-23-21-10-3-1-8-19(21)20-9-2-4-11-22(20)23/h1-5,7-11,16-18,23,29H,6,12-15H2,(H,27,33)(H,28,30)(H,31,32)/t16-,17-,18?/m0/s1. The lowest BCUT2D eigenvalue weighted by Gasteiger charge is -2.23. The summed E-state index contributed by atoms with van der Waals surface area (Å²) in [6, 6.07) is 15.7. The summed E-state index contributed by atoms with van der Waals surface area (Å²) in [6.07, 6.45) is 2.27. The number of carbonyl (C=O) groups is 3. The number of fused-ring (bicyclic) bond motifs is 3. The van der Waals surface area contributed by atoms with Gasteiger partial charge < -0.3 is 25.6 Å². The average molecular weight is 465 g/mol. The second kappa shape index (κ2) is 10.5. The third-order valence-electron chi connectivity index (χ3n) is 6.27. The summed E-state index contributed by atoms with van der Waals surface area (Å²) in [5.74, 6) is -1.90. The Morgan fingerprint density at radius 2 is 1.68 bits per heavy atom. The summed E-state index contributed by atoms with van der Waals surface area (Å²) in [4.78, 5) is 35.5. The zero-order chi connectivity index (χ0) is 24.1. The summed E-state index contributed by atoms with van der Waals surface area (Å²) in [6.45, 7) is 0.0253. The van der Waals surface area contributed by atoms with Crippen LogP contribution in [0.2, 0.25) is 0 Å². The van der Waals surface area contributed by atoms with Crippen molar-refractivity contribution in [1.29, 1.82) is 0 Å². The van der Waals surface area contributed by atoms with E-state index in [1.807, 2.05) is 36.4 Å². The Kier molecular flexibility index (Phi) is 7.27. The van der Waals surface area contributed by atoms with E-state index in [0.717, 1.165) is 22.3 Å². The van der Waals surface area contributed by atoms with Crippen LogP contribution < -0.4 is 10.6 Å². The first-order valence-corrected chi connectivity index (χ1v) is 11.4. The van der Waals surface area contributed by atoms with Crippen molar-refractivity contribution in [1.82, 2.24) is 10.6 Å². The molecule has 0 aliphatic heterocycles. The van der Waals surface area contributed by atoms with Crippen molar-refractivity contribution in [2.24, 2.45) is 5.92 Å². The molecule has 0 heterocycles. The van der Waals surface area contributed by atoms with E-state index in [1.54, 1.807) is 12.2 Å². The predicted molar refractivity (Wildman–Crippen MR) is 125 cm³/mol. The number of hydrogen-bond acceptors (Lipinski definition) is 5. The van der Waals surface area contributed by atoms with Gasteiger partial charge in [0.2, 0.25) is 5.91 Å². The van der Waals surface area contributed by atoms with Crippen LogP contribution in [0.1, 0.15) is 36.3 Å². The highest BCUT2D eigenvalue weighted by Gasteiger charge is 2.29. The maximum atomic E-state index is 12.2. The van der Waals surface area contributed by atoms with E-state index in [9.17, 15) is 19.5 Å². The van der Waals surface area contributed by atoms with E-state index in [2.05, 4.69) is 22.8 Å². The minimum Gasteiger partial charge on any atom is -0.481 e. The van der Waals surface area contributed by atoms with Crippen LogP contribution >= 0.6 is 0 Å². The van der Waals surface area contributed by atoms with E-state index >= 15 is 0 Å². The quantitative estimate of drug-likeness (QED) is 0.445. The first kappa shape index (κ1) is 23.5. The molecule has 3 atom stereocenters. The minimum atomic E-state index is -1.09. The third kappa shape index (κ3) is 5.46. The Labute approximate surface area is 197 Å². The van der Waals surface area contributed by atoms with Gasteiger partial charge in [-0.05, 0) is 35.1 Å². The van der Waals surface area contributed by atoms with Crippen LogP contribution in [0.15, 0.2) is 60.7 Å². The van der Waals surface area contributed by atoms with Gasteiger partial charge in [-0.3, -0.25) is 9.59 Å². The molecule has 178 valence electrons. The van der Waals surface area contributed by atoms with Gasteiger partial charge >= 0.3 is 12.1 Å². The van der Waals surface area contributed by atoms with Gasteiger partial charge in [0.1, 0.15) is 6.61 Å². The maximum Gasteiger partial charge on any atom is 0.407 e. The van der Waals surface area contributed by atoms with Crippen molar-refractivity contribution in [3.05, 3.63) is 71.8 Å². The normalized spacial score (nSPS) is 19.6. The van der Waals surface area contributed by atoms with Crippen molar-refractivity contribution in [3.8, 4) is 11.1 Å². The Hall–Kier alpha value is -3.65. The van der Waals surface area contributed by atoms with E-state index in [-0.39, 0.29) is 31.5 Å². The summed E-state index contributed by atoms with van der Waals surface area (Å²) >= 11 is 0. The van der Waals surface area contributed by atoms with E-state index in [4.69, 9.17) is 9.84 Å². The van der Waals surface area contributed by atoms with Gasteiger partial charge in [0, 0.05) is 18.5 Å². The van der Waals surface area contributed by atoms with Crippen LogP contribution in [0.3, 0.4) is 0 Å². The highest BCUT2D eigenvalue weighted by Crippen LogP contribution is 2.44.